The summed E-state index contributed by atoms with van der Waals surface area (Å²) in [4.78, 5) is 9.46. The predicted molar refractivity (Wildman–Crippen MR) is 96.7 cm³/mol. The van der Waals surface area contributed by atoms with Crippen LogP contribution >= 0.6 is 11.8 Å². The van der Waals surface area contributed by atoms with Crippen molar-refractivity contribution in [1.29, 1.82) is 0 Å². The monoisotopic (exact) mass is 338 g/mol. The zero-order chi connectivity index (χ0) is 16.7. The molecule has 0 spiro atoms. The summed E-state index contributed by atoms with van der Waals surface area (Å²) in [6.45, 7) is 2.03. The largest absolute Gasteiger partial charge is 0.338 e. The van der Waals surface area contributed by atoms with Gasteiger partial charge in [-0.25, -0.2) is 14.4 Å². The lowest BCUT2D eigenvalue weighted by Gasteiger charge is -2.12. The Morgan fingerprint density at radius 3 is 2.79 bits per heavy atom. The van der Waals surface area contributed by atoms with E-state index >= 15 is 0 Å². The van der Waals surface area contributed by atoms with Gasteiger partial charge in [-0.05, 0) is 30.9 Å². The maximum Gasteiger partial charge on any atom is 0.157 e. The van der Waals surface area contributed by atoms with Gasteiger partial charge in [0.2, 0.25) is 0 Å². The zero-order valence-corrected chi connectivity index (χ0v) is 14.1. The predicted octanol–water partition coefficient (Wildman–Crippen LogP) is 4.80. The molecule has 0 saturated carbocycles. The van der Waals surface area contributed by atoms with Crippen LogP contribution in [0.15, 0.2) is 53.8 Å². The third kappa shape index (κ3) is 2.39. The minimum Gasteiger partial charge on any atom is -0.338 e. The van der Waals surface area contributed by atoms with Crippen LogP contribution in [0, 0.1) is 12.7 Å². The molecular formula is C18H15FN4S. The van der Waals surface area contributed by atoms with E-state index in [1.807, 2.05) is 47.9 Å². The Morgan fingerprint density at radius 1 is 1.17 bits per heavy atom. The number of thioether (sulfide) groups is 1. The van der Waals surface area contributed by atoms with E-state index in [4.69, 9.17) is 0 Å². The number of halogens is 1. The summed E-state index contributed by atoms with van der Waals surface area (Å²) >= 11 is 1.38. The van der Waals surface area contributed by atoms with Crippen LogP contribution in [0.4, 0.5) is 15.9 Å². The number of rotatable bonds is 3. The van der Waals surface area contributed by atoms with Crippen LogP contribution in [0.2, 0.25) is 0 Å². The first-order valence-corrected chi connectivity index (χ1v) is 8.72. The number of nitrogens with one attached hydrogen (secondary N) is 1. The number of para-hydroxylation sites is 1. The molecule has 6 heteroatoms. The van der Waals surface area contributed by atoms with Crippen molar-refractivity contribution >= 4 is 39.8 Å². The van der Waals surface area contributed by atoms with Gasteiger partial charge < -0.3 is 5.32 Å². The molecule has 2 heterocycles. The van der Waals surface area contributed by atoms with Crippen LogP contribution in [-0.2, 0) is 0 Å². The summed E-state index contributed by atoms with van der Waals surface area (Å²) in [6, 6.07) is 11.3. The summed E-state index contributed by atoms with van der Waals surface area (Å²) in [6.07, 6.45) is 5.34. The molecule has 0 saturated heterocycles. The molecule has 2 aromatic carbocycles. The number of imidazole rings is 1. The Labute approximate surface area is 142 Å². The fourth-order valence-electron chi connectivity index (χ4n) is 2.74. The van der Waals surface area contributed by atoms with Gasteiger partial charge in [0.25, 0.3) is 0 Å². The quantitative estimate of drug-likeness (QED) is 0.545. The van der Waals surface area contributed by atoms with E-state index in [1.165, 1.54) is 17.8 Å². The standard InChI is InChI=1S/C18H15FN4S/c1-11-5-3-4-6-13(11)21-18-16-9-20-10-23(16)15-8-17(24-2)12(19)7-14(15)22-18/h3-10H,1-2H3,(H,21,22). The lowest BCUT2D eigenvalue weighted by molar-refractivity contribution is 0.604. The second-order valence-electron chi connectivity index (χ2n) is 5.52. The van der Waals surface area contributed by atoms with E-state index in [1.54, 1.807) is 12.5 Å². The Hall–Kier alpha value is -2.60. The van der Waals surface area contributed by atoms with Gasteiger partial charge in [0.15, 0.2) is 5.82 Å². The summed E-state index contributed by atoms with van der Waals surface area (Å²) < 4.78 is 16.1. The van der Waals surface area contributed by atoms with E-state index in [0.29, 0.717) is 16.2 Å². The highest BCUT2D eigenvalue weighted by atomic mass is 32.2. The number of aromatic nitrogens is 3. The molecule has 2 aromatic heterocycles. The van der Waals surface area contributed by atoms with Crippen LogP contribution in [-0.4, -0.2) is 20.6 Å². The number of benzene rings is 2. The number of fused-ring (bicyclic) bond motifs is 3. The molecule has 0 atom stereocenters. The van der Waals surface area contributed by atoms with Gasteiger partial charge in [0, 0.05) is 16.6 Å². The highest BCUT2D eigenvalue weighted by molar-refractivity contribution is 7.98. The van der Waals surface area contributed by atoms with Crippen molar-refractivity contribution in [3.8, 4) is 0 Å². The van der Waals surface area contributed by atoms with Crippen molar-refractivity contribution in [2.45, 2.75) is 11.8 Å². The maximum absolute atomic E-state index is 14.2. The van der Waals surface area contributed by atoms with Crippen molar-refractivity contribution in [3.05, 3.63) is 60.3 Å². The molecule has 0 bridgehead atoms. The molecule has 0 aliphatic rings. The number of hydrogen-bond acceptors (Lipinski definition) is 4. The molecule has 0 aliphatic heterocycles. The normalized spacial score (nSPS) is 11.3. The van der Waals surface area contributed by atoms with Crippen LogP contribution < -0.4 is 5.32 Å². The second kappa shape index (κ2) is 5.79. The SMILES string of the molecule is CSc1cc2c(cc1F)nc(Nc1ccccc1C)c1cncn12. The third-order valence-electron chi connectivity index (χ3n) is 4.02. The van der Waals surface area contributed by atoms with E-state index in [9.17, 15) is 4.39 Å². The second-order valence-corrected chi connectivity index (χ2v) is 6.37. The molecule has 0 amide bonds. The van der Waals surface area contributed by atoms with Gasteiger partial charge >= 0.3 is 0 Å². The molecule has 0 unspecified atom stereocenters. The van der Waals surface area contributed by atoms with Gasteiger partial charge in [0.1, 0.15) is 11.3 Å². The topological polar surface area (TPSA) is 42.2 Å². The van der Waals surface area contributed by atoms with E-state index < -0.39 is 0 Å². The molecule has 0 fully saturated rings. The first kappa shape index (κ1) is 15.0. The average molecular weight is 338 g/mol. The smallest absolute Gasteiger partial charge is 0.157 e. The van der Waals surface area contributed by atoms with Gasteiger partial charge in [-0.15, -0.1) is 11.8 Å². The number of nitrogens with zero attached hydrogens (tertiary/aromatic N) is 3. The third-order valence-corrected chi connectivity index (χ3v) is 4.77. The van der Waals surface area contributed by atoms with Crippen LogP contribution in [0.25, 0.3) is 16.6 Å². The van der Waals surface area contributed by atoms with Crippen molar-refractivity contribution in [3.63, 3.8) is 0 Å². The van der Waals surface area contributed by atoms with Crippen LogP contribution in [0.1, 0.15) is 5.56 Å². The Morgan fingerprint density at radius 2 is 2.00 bits per heavy atom. The maximum atomic E-state index is 14.2. The van der Waals surface area contributed by atoms with Crippen LogP contribution in [0.5, 0.6) is 0 Å². The lowest BCUT2D eigenvalue weighted by Crippen LogP contribution is -2.01. The minimum absolute atomic E-state index is 0.260. The number of anilines is 2. The molecule has 1 N–H and O–H groups in total. The van der Waals surface area contributed by atoms with Gasteiger partial charge in [0.05, 0.1) is 23.6 Å². The number of aryl methyl sites for hydroxylation is 1. The van der Waals surface area contributed by atoms with E-state index in [0.717, 1.165) is 22.3 Å². The van der Waals surface area contributed by atoms with Crippen molar-refractivity contribution in [1.82, 2.24) is 14.4 Å². The Kier molecular flexibility index (Phi) is 3.61. The Bertz CT molecular complexity index is 1060. The summed E-state index contributed by atoms with van der Waals surface area (Å²) in [5.74, 6) is 0.398. The van der Waals surface area contributed by atoms with Crippen molar-refractivity contribution in [2.75, 3.05) is 11.6 Å². The fraction of sp³-hybridized carbons (Fsp3) is 0.111. The van der Waals surface area contributed by atoms with Gasteiger partial charge in [-0.1, -0.05) is 18.2 Å². The average Bonchev–Trinajstić information content (AvgIpc) is 3.06. The zero-order valence-electron chi connectivity index (χ0n) is 13.2. The first-order chi connectivity index (χ1) is 11.7. The van der Waals surface area contributed by atoms with Crippen molar-refractivity contribution < 1.29 is 4.39 Å². The minimum atomic E-state index is -0.260. The summed E-state index contributed by atoms with van der Waals surface area (Å²) in [5, 5.41) is 3.34. The molecule has 0 aliphatic carbocycles. The molecule has 4 aromatic rings. The van der Waals surface area contributed by atoms with Gasteiger partial charge in [-0.3, -0.25) is 4.40 Å². The van der Waals surface area contributed by atoms with Crippen molar-refractivity contribution in [2.24, 2.45) is 0 Å². The lowest BCUT2D eigenvalue weighted by atomic mass is 10.2. The van der Waals surface area contributed by atoms with Crippen LogP contribution in [0.3, 0.4) is 0 Å². The van der Waals surface area contributed by atoms with Gasteiger partial charge in [-0.2, -0.15) is 0 Å². The first-order valence-electron chi connectivity index (χ1n) is 7.49. The summed E-state index contributed by atoms with van der Waals surface area (Å²) in [7, 11) is 0. The molecule has 0 radical (unpaired) electrons. The Balaban J connectivity index is 1.95. The van der Waals surface area contributed by atoms with E-state index in [-0.39, 0.29) is 5.82 Å². The summed E-state index contributed by atoms with van der Waals surface area (Å²) in [5.41, 5.74) is 4.36. The molecule has 120 valence electrons. The number of hydrogen-bond donors (Lipinski definition) is 1. The highest BCUT2D eigenvalue weighted by Crippen LogP contribution is 2.29. The molecule has 24 heavy (non-hydrogen) atoms. The van der Waals surface area contributed by atoms with E-state index in [2.05, 4.69) is 15.3 Å². The molecule has 4 rings (SSSR count). The highest BCUT2D eigenvalue weighted by Gasteiger charge is 2.13. The fourth-order valence-corrected chi connectivity index (χ4v) is 3.23. The molecule has 4 nitrogen and oxygen atoms in total. The molecular weight excluding hydrogens is 323 g/mol.